The van der Waals surface area contributed by atoms with E-state index >= 15 is 0 Å². The molecule has 0 aromatic heterocycles. The third-order valence-corrected chi connectivity index (χ3v) is 2.22. The van der Waals surface area contributed by atoms with E-state index < -0.39 is 0 Å². The smallest absolute Gasteiger partial charge is 0.231 e. The average molecular weight is 205 g/mol. The molecule has 0 bridgehead atoms. The lowest BCUT2D eigenvalue weighted by molar-refractivity contribution is 0.174. The quantitative estimate of drug-likeness (QED) is 0.763. The molecule has 15 heavy (non-hydrogen) atoms. The van der Waals surface area contributed by atoms with Gasteiger partial charge in [0.25, 0.3) is 0 Å². The number of hydrogen-bond donors (Lipinski definition) is 1. The van der Waals surface area contributed by atoms with Gasteiger partial charge in [-0.2, -0.15) is 0 Å². The van der Waals surface area contributed by atoms with E-state index in [0.717, 1.165) is 30.2 Å². The van der Waals surface area contributed by atoms with Crippen molar-refractivity contribution in [1.29, 1.82) is 0 Å². The molecule has 0 radical (unpaired) electrons. The summed E-state index contributed by atoms with van der Waals surface area (Å²) in [6.07, 6.45) is 4.17. The zero-order valence-corrected chi connectivity index (χ0v) is 8.82. The van der Waals surface area contributed by atoms with Crippen molar-refractivity contribution in [2.75, 3.05) is 19.9 Å². The summed E-state index contributed by atoms with van der Waals surface area (Å²) in [7, 11) is 0. The van der Waals surface area contributed by atoms with Crippen LogP contribution in [0.5, 0.6) is 11.5 Å². The fourth-order valence-electron chi connectivity index (χ4n) is 1.44. The highest BCUT2D eigenvalue weighted by molar-refractivity contribution is 5.56. The Labute approximate surface area is 89.7 Å². The summed E-state index contributed by atoms with van der Waals surface area (Å²) in [4.78, 5) is 0. The predicted octanol–water partition coefficient (Wildman–Crippen LogP) is 2.04. The molecule has 0 atom stereocenters. The Bertz CT molecular complexity index is 361. The van der Waals surface area contributed by atoms with Crippen LogP contribution >= 0.6 is 0 Å². The standard InChI is InChI=1S/C12H15NO2/c1-2-13-7-3-4-10-5-6-11-12(8-10)15-9-14-11/h3-6,8,13H,2,7,9H2,1H3/b4-3+. The lowest BCUT2D eigenvalue weighted by atomic mass is 10.2. The van der Waals surface area contributed by atoms with E-state index in [1.54, 1.807) is 0 Å². The lowest BCUT2D eigenvalue weighted by Gasteiger charge is -1.98. The van der Waals surface area contributed by atoms with Crippen molar-refractivity contribution in [2.45, 2.75) is 6.92 Å². The molecule has 0 spiro atoms. The van der Waals surface area contributed by atoms with Gasteiger partial charge in [-0.1, -0.05) is 25.1 Å². The number of hydrogen-bond acceptors (Lipinski definition) is 3. The van der Waals surface area contributed by atoms with Crippen LogP contribution in [0.1, 0.15) is 12.5 Å². The highest BCUT2D eigenvalue weighted by Gasteiger charge is 2.11. The normalized spacial score (nSPS) is 13.7. The molecule has 0 unspecified atom stereocenters. The number of benzene rings is 1. The Hall–Kier alpha value is -1.48. The minimum atomic E-state index is 0.333. The summed E-state index contributed by atoms with van der Waals surface area (Å²) in [5.41, 5.74) is 1.14. The van der Waals surface area contributed by atoms with Crippen LogP contribution in [0.25, 0.3) is 6.08 Å². The molecular formula is C12H15NO2. The van der Waals surface area contributed by atoms with Crippen molar-refractivity contribution in [3.05, 3.63) is 29.8 Å². The van der Waals surface area contributed by atoms with Gasteiger partial charge in [0.1, 0.15) is 0 Å². The van der Waals surface area contributed by atoms with Crippen molar-refractivity contribution in [2.24, 2.45) is 0 Å². The van der Waals surface area contributed by atoms with Crippen molar-refractivity contribution in [1.82, 2.24) is 5.32 Å². The summed E-state index contributed by atoms with van der Waals surface area (Å²) in [6.45, 7) is 4.31. The molecule has 1 heterocycles. The number of rotatable bonds is 4. The second-order valence-electron chi connectivity index (χ2n) is 3.32. The third kappa shape index (κ3) is 2.50. The Balaban J connectivity index is 2.00. The molecule has 80 valence electrons. The van der Waals surface area contributed by atoms with Crippen molar-refractivity contribution in [3.63, 3.8) is 0 Å². The first kappa shape index (κ1) is 10.1. The van der Waals surface area contributed by atoms with Crippen LogP contribution in [0, 0.1) is 0 Å². The van der Waals surface area contributed by atoms with E-state index in [1.165, 1.54) is 0 Å². The van der Waals surface area contributed by atoms with Gasteiger partial charge in [0.15, 0.2) is 11.5 Å². The minimum absolute atomic E-state index is 0.333. The van der Waals surface area contributed by atoms with E-state index in [0.29, 0.717) is 6.79 Å². The first-order valence-corrected chi connectivity index (χ1v) is 5.17. The van der Waals surface area contributed by atoms with Crippen molar-refractivity contribution < 1.29 is 9.47 Å². The largest absolute Gasteiger partial charge is 0.454 e. The number of nitrogens with one attached hydrogen (secondary N) is 1. The van der Waals surface area contributed by atoms with E-state index in [4.69, 9.17) is 9.47 Å². The van der Waals surface area contributed by atoms with E-state index in [2.05, 4.69) is 24.4 Å². The zero-order chi connectivity index (χ0) is 10.5. The van der Waals surface area contributed by atoms with Crippen molar-refractivity contribution in [3.8, 4) is 11.5 Å². The maximum atomic E-state index is 5.29. The van der Waals surface area contributed by atoms with Crippen LogP contribution in [0.4, 0.5) is 0 Å². The molecular weight excluding hydrogens is 190 g/mol. The van der Waals surface area contributed by atoms with Crippen LogP contribution in [-0.4, -0.2) is 19.9 Å². The number of likely N-dealkylation sites (N-methyl/N-ethyl adjacent to an activating group) is 1. The molecule has 0 saturated heterocycles. The van der Waals surface area contributed by atoms with Gasteiger partial charge in [0.2, 0.25) is 6.79 Å². The van der Waals surface area contributed by atoms with Gasteiger partial charge in [-0.05, 0) is 24.2 Å². The van der Waals surface area contributed by atoms with Gasteiger partial charge in [-0.25, -0.2) is 0 Å². The van der Waals surface area contributed by atoms with Gasteiger partial charge in [0.05, 0.1) is 0 Å². The first-order valence-electron chi connectivity index (χ1n) is 5.17. The van der Waals surface area contributed by atoms with Crippen LogP contribution in [-0.2, 0) is 0 Å². The Kier molecular flexibility index (Phi) is 3.25. The van der Waals surface area contributed by atoms with Crippen LogP contribution < -0.4 is 14.8 Å². The molecule has 0 saturated carbocycles. The molecule has 0 fully saturated rings. The highest BCUT2D eigenvalue weighted by atomic mass is 16.7. The van der Waals surface area contributed by atoms with Crippen LogP contribution in [0.15, 0.2) is 24.3 Å². The molecule has 1 aromatic rings. The average Bonchev–Trinajstić information content (AvgIpc) is 2.71. The molecule has 0 amide bonds. The fraction of sp³-hybridized carbons (Fsp3) is 0.333. The topological polar surface area (TPSA) is 30.5 Å². The zero-order valence-electron chi connectivity index (χ0n) is 8.82. The van der Waals surface area contributed by atoms with E-state index in [9.17, 15) is 0 Å². The van der Waals surface area contributed by atoms with Gasteiger partial charge < -0.3 is 14.8 Å². The molecule has 1 aliphatic heterocycles. The maximum Gasteiger partial charge on any atom is 0.231 e. The summed E-state index contributed by atoms with van der Waals surface area (Å²) in [5, 5.41) is 3.23. The van der Waals surface area contributed by atoms with Crippen molar-refractivity contribution >= 4 is 6.08 Å². The third-order valence-electron chi connectivity index (χ3n) is 2.22. The molecule has 1 N–H and O–H groups in total. The van der Waals surface area contributed by atoms with Gasteiger partial charge >= 0.3 is 0 Å². The second-order valence-corrected chi connectivity index (χ2v) is 3.32. The predicted molar refractivity (Wildman–Crippen MR) is 60.1 cm³/mol. The summed E-state index contributed by atoms with van der Waals surface area (Å²) in [6, 6.07) is 5.95. The van der Waals surface area contributed by atoms with Gasteiger partial charge in [-0.3, -0.25) is 0 Å². The summed E-state index contributed by atoms with van der Waals surface area (Å²) >= 11 is 0. The summed E-state index contributed by atoms with van der Waals surface area (Å²) < 4.78 is 10.5. The molecule has 1 aliphatic rings. The fourth-order valence-corrected chi connectivity index (χ4v) is 1.44. The first-order chi connectivity index (χ1) is 7.40. The van der Waals surface area contributed by atoms with Crippen LogP contribution in [0.3, 0.4) is 0 Å². The SMILES string of the molecule is CCNC/C=C/c1ccc2c(c1)OCO2. The monoisotopic (exact) mass is 205 g/mol. The molecule has 0 aliphatic carbocycles. The van der Waals surface area contributed by atoms with E-state index in [-0.39, 0.29) is 0 Å². The minimum Gasteiger partial charge on any atom is -0.454 e. The number of fused-ring (bicyclic) bond motifs is 1. The van der Waals surface area contributed by atoms with Gasteiger partial charge in [0, 0.05) is 6.54 Å². The van der Waals surface area contributed by atoms with E-state index in [1.807, 2.05) is 18.2 Å². The van der Waals surface area contributed by atoms with Crippen LogP contribution in [0.2, 0.25) is 0 Å². The Morgan fingerprint density at radius 3 is 3.07 bits per heavy atom. The lowest BCUT2D eigenvalue weighted by Crippen LogP contribution is -2.11. The van der Waals surface area contributed by atoms with Gasteiger partial charge in [-0.15, -0.1) is 0 Å². The number of ether oxygens (including phenoxy) is 2. The molecule has 3 heteroatoms. The highest BCUT2D eigenvalue weighted by Crippen LogP contribution is 2.32. The Morgan fingerprint density at radius 1 is 1.33 bits per heavy atom. The summed E-state index contributed by atoms with van der Waals surface area (Å²) in [5.74, 6) is 1.67. The molecule has 2 rings (SSSR count). The maximum absolute atomic E-state index is 5.29. The molecule has 1 aromatic carbocycles. The second kappa shape index (κ2) is 4.84. The Morgan fingerprint density at radius 2 is 2.20 bits per heavy atom. The molecule has 3 nitrogen and oxygen atoms in total.